The minimum absolute atomic E-state index is 0.00820. The van der Waals surface area contributed by atoms with E-state index in [4.69, 9.17) is 5.73 Å². The lowest BCUT2D eigenvalue weighted by Gasteiger charge is -2.26. The minimum Gasteiger partial charge on any atom is -0.508 e. The zero-order valence-corrected chi connectivity index (χ0v) is 28.9. The van der Waals surface area contributed by atoms with Crippen molar-refractivity contribution in [1.82, 2.24) is 26.3 Å². The third-order valence-corrected chi connectivity index (χ3v) is 8.45. The van der Waals surface area contributed by atoms with Crippen molar-refractivity contribution < 1.29 is 34.2 Å². The maximum absolute atomic E-state index is 13.7. The molecule has 270 valence electrons. The second-order valence-electron chi connectivity index (χ2n) is 13.1. The first-order valence-corrected chi connectivity index (χ1v) is 16.9. The van der Waals surface area contributed by atoms with Crippen LogP contribution in [0, 0.1) is 5.92 Å². The Morgan fingerprint density at radius 3 is 1.92 bits per heavy atom. The number of H-pyrrole nitrogens is 1. The number of hydrogen-bond acceptors (Lipinski definition) is 7. The molecule has 4 rings (SSSR count). The SMILES string of the molecule is CC(C)C[C@H](NC(=O)[C@@H](N)Cc1ccccc1)C(=O)N[C@@H](C)C(=O)N[C@@H](Cc1ccc(O)cc1)C(=O)N[C@@H](Cc1c[nH]c2ccccc12)C(=O)O. The summed E-state index contributed by atoms with van der Waals surface area (Å²) in [6.45, 7) is 5.22. The smallest absolute Gasteiger partial charge is 0.326 e. The van der Waals surface area contributed by atoms with Gasteiger partial charge < -0.3 is 42.2 Å². The van der Waals surface area contributed by atoms with Crippen molar-refractivity contribution in [2.75, 3.05) is 0 Å². The standard InChI is InChI=1S/C38H46N6O7/c1-22(2)17-31(43-35(47)29(39)18-24-9-5-4-6-10-24)36(48)41-23(3)34(46)42-32(19-25-13-15-27(45)16-14-25)37(49)44-33(38(50)51)20-26-21-40-30-12-8-7-11-28(26)30/h4-16,21-23,29,31-33,40,45H,17-20,39H2,1-3H3,(H,41,48)(H,42,46)(H,43,47)(H,44,49)(H,50,51)/t23-,29-,31-,32-,33-/m0/s1. The van der Waals surface area contributed by atoms with Gasteiger partial charge in [-0.1, -0.05) is 74.5 Å². The minimum atomic E-state index is -1.32. The number of carbonyl (C=O) groups is 5. The van der Waals surface area contributed by atoms with Crippen molar-refractivity contribution in [3.8, 4) is 5.75 Å². The second kappa shape index (κ2) is 17.8. The molecular weight excluding hydrogens is 652 g/mol. The molecule has 5 atom stereocenters. The molecule has 13 heteroatoms. The summed E-state index contributed by atoms with van der Waals surface area (Å²) in [5.74, 6) is -3.81. The molecule has 0 unspecified atom stereocenters. The number of para-hydroxylation sites is 1. The quantitative estimate of drug-likeness (QED) is 0.0817. The van der Waals surface area contributed by atoms with Crippen LogP contribution >= 0.6 is 0 Å². The maximum Gasteiger partial charge on any atom is 0.326 e. The van der Waals surface area contributed by atoms with E-state index in [1.165, 1.54) is 19.1 Å². The van der Waals surface area contributed by atoms with Gasteiger partial charge in [0.1, 0.15) is 29.9 Å². The molecule has 9 N–H and O–H groups in total. The van der Waals surface area contributed by atoms with Crippen molar-refractivity contribution in [2.24, 2.45) is 11.7 Å². The van der Waals surface area contributed by atoms with Gasteiger partial charge in [-0.05, 0) is 60.6 Å². The summed E-state index contributed by atoms with van der Waals surface area (Å²) >= 11 is 0. The van der Waals surface area contributed by atoms with Gasteiger partial charge in [0, 0.05) is 29.9 Å². The Morgan fingerprint density at radius 1 is 0.667 bits per heavy atom. The van der Waals surface area contributed by atoms with Crippen LogP contribution in [0.25, 0.3) is 10.9 Å². The average Bonchev–Trinajstić information content (AvgIpc) is 3.50. The number of aromatic hydroxyl groups is 1. The number of hydrogen-bond donors (Lipinski definition) is 8. The summed E-state index contributed by atoms with van der Waals surface area (Å²) in [6.07, 6.45) is 2.19. The maximum atomic E-state index is 13.7. The van der Waals surface area contributed by atoms with Gasteiger partial charge in [-0.25, -0.2) is 4.79 Å². The number of aromatic amines is 1. The Labute approximate surface area is 296 Å². The summed E-state index contributed by atoms with van der Waals surface area (Å²) in [4.78, 5) is 68.9. The van der Waals surface area contributed by atoms with E-state index in [2.05, 4.69) is 26.3 Å². The Bertz CT molecular complexity index is 1810. The van der Waals surface area contributed by atoms with Gasteiger partial charge in [-0.15, -0.1) is 0 Å². The van der Waals surface area contributed by atoms with E-state index in [9.17, 15) is 34.2 Å². The number of carbonyl (C=O) groups excluding carboxylic acids is 4. The largest absolute Gasteiger partial charge is 0.508 e. The van der Waals surface area contributed by atoms with Gasteiger partial charge in [0.05, 0.1) is 6.04 Å². The number of fused-ring (bicyclic) bond motifs is 1. The predicted molar refractivity (Wildman–Crippen MR) is 192 cm³/mol. The molecule has 1 heterocycles. The topological polar surface area (TPSA) is 216 Å². The van der Waals surface area contributed by atoms with Crippen molar-refractivity contribution in [3.63, 3.8) is 0 Å². The molecule has 0 bridgehead atoms. The van der Waals surface area contributed by atoms with E-state index < -0.39 is 59.8 Å². The molecule has 1 aromatic heterocycles. The molecule has 0 radical (unpaired) electrons. The van der Waals surface area contributed by atoms with E-state index >= 15 is 0 Å². The van der Waals surface area contributed by atoms with E-state index in [0.717, 1.165) is 16.5 Å². The molecule has 0 saturated heterocycles. The lowest BCUT2D eigenvalue weighted by molar-refractivity contribution is -0.142. The fourth-order valence-electron chi connectivity index (χ4n) is 5.69. The number of carboxylic acids is 1. The zero-order valence-electron chi connectivity index (χ0n) is 28.9. The Kier molecular flexibility index (Phi) is 13.3. The van der Waals surface area contributed by atoms with E-state index in [1.807, 2.05) is 68.4 Å². The summed E-state index contributed by atoms with van der Waals surface area (Å²) in [6, 6.07) is 17.1. The number of benzene rings is 3. The van der Waals surface area contributed by atoms with E-state index in [0.29, 0.717) is 11.1 Å². The highest BCUT2D eigenvalue weighted by molar-refractivity contribution is 5.95. The van der Waals surface area contributed by atoms with Crippen LogP contribution in [0.15, 0.2) is 85.1 Å². The van der Waals surface area contributed by atoms with E-state index in [1.54, 1.807) is 18.3 Å². The molecular formula is C38H46N6O7. The Hall–Kier alpha value is -5.69. The number of aliphatic carboxylic acids is 1. The number of aromatic nitrogens is 1. The van der Waals surface area contributed by atoms with E-state index in [-0.39, 0.29) is 37.4 Å². The predicted octanol–water partition coefficient (Wildman–Crippen LogP) is 2.32. The summed E-state index contributed by atoms with van der Waals surface area (Å²) in [7, 11) is 0. The summed E-state index contributed by atoms with van der Waals surface area (Å²) < 4.78 is 0. The highest BCUT2D eigenvalue weighted by Gasteiger charge is 2.31. The van der Waals surface area contributed by atoms with Crippen LogP contribution in [0.2, 0.25) is 0 Å². The molecule has 0 spiro atoms. The van der Waals surface area contributed by atoms with Crippen molar-refractivity contribution in [2.45, 2.75) is 76.7 Å². The molecule has 0 aliphatic carbocycles. The number of carboxylic acid groups (broad SMARTS) is 1. The first kappa shape index (κ1) is 38.1. The number of phenols is 1. The Morgan fingerprint density at radius 2 is 1.25 bits per heavy atom. The lowest BCUT2D eigenvalue weighted by atomic mass is 10.0. The summed E-state index contributed by atoms with van der Waals surface area (Å²) in [5, 5.41) is 31.1. The van der Waals surface area contributed by atoms with Gasteiger partial charge in [0.15, 0.2) is 0 Å². The number of nitrogens with two attached hydrogens (primary N) is 1. The van der Waals surface area contributed by atoms with Gasteiger partial charge in [-0.2, -0.15) is 0 Å². The van der Waals surface area contributed by atoms with Crippen LogP contribution < -0.4 is 27.0 Å². The van der Waals surface area contributed by atoms with Crippen LogP contribution in [-0.4, -0.2) is 75.0 Å². The first-order chi connectivity index (χ1) is 24.3. The monoisotopic (exact) mass is 698 g/mol. The number of amides is 4. The molecule has 13 nitrogen and oxygen atoms in total. The summed E-state index contributed by atoms with van der Waals surface area (Å²) in [5.41, 5.74) is 9.12. The van der Waals surface area contributed by atoms with Gasteiger partial charge in [-0.3, -0.25) is 19.2 Å². The van der Waals surface area contributed by atoms with Gasteiger partial charge in [0.2, 0.25) is 23.6 Å². The van der Waals surface area contributed by atoms with Crippen molar-refractivity contribution in [1.29, 1.82) is 0 Å². The number of rotatable bonds is 17. The third kappa shape index (κ3) is 11.2. The molecule has 0 saturated carbocycles. The van der Waals surface area contributed by atoms with Gasteiger partial charge in [0.25, 0.3) is 0 Å². The van der Waals surface area contributed by atoms with Crippen molar-refractivity contribution >= 4 is 40.5 Å². The fraction of sp³-hybridized carbons (Fsp3) is 0.342. The molecule has 0 fully saturated rings. The average molecular weight is 699 g/mol. The highest BCUT2D eigenvalue weighted by atomic mass is 16.4. The highest BCUT2D eigenvalue weighted by Crippen LogP contribution is 2.19. The van der Waals surface area contributed by atoms with Gasteiger partial charge >= 0.3 is 5.97 Å². The van der Waals surface area contributed by atoms with Crippen LogP contribution in [0.4, 0.5) is 0 Å². The first-order valence-electron chi connectivity index (χ1n) is 16.9. The fourth-order valence-corrected chi connectivity index (χ4v) is 5.69. The zero-order chi connectivity index (χ0) is 37.1. The van der Waals surface area contributed by atoms with Crippen LogP contribution in [0.5, 0.6) is 5.75 Å². The Balaban J connectivity index is 1.45. The van der Waals surface area contributed by atoms with Crippen LogP contribution in [-0.2, 0) is 43.2 Å². The second-order valence-corrected chi connectivity index (χ2v) is 13.1. The lowest BCUT2D eigenvalue weighted by Crippen LogP contribution is -2.58. The van der Waals surface area contributed by atoms with Crippen LogP contribution in [0.3, 0.4) is 0 Å². The normalized spacial score (nSPS) is 14.1. The molecule has 0 aliphatic heterocycles. The molecule has 3 aromatic carbocycles. The molecule has 4 amide bonds. The molecule has 51 heavy (non-hydrogen) atoms. The van der Waals surface area contributed by atoms with Crippen molar-refractivity contribution in [3.05, 3.63) is 102 Å². The number of nitrogens with one attached hydrogen (secondary N) is 5. The molecule has 0 aliphatic rings. The molecule has 4 aromatic rings. The van der Waals surface area contributed by atoms with Crippen LogP contribution in [0.1, 0.15) is 43.9 Å². The third-order valence-electron chi connectivity index (χ3n) is 8.45. The number of phenolic OH excluding ortho intramolecular Hbond substituents is 1.